The average Bonchev–Trinajstić information content (AvgIpc) is 2.03. The molecule has 0 bridgehead atoms. The van der Waals surface area contributed by atoms with Gasteiger partial charge in [0.05, 0.1) is 6.10 Å². The molecule has 2 atom stereocenters. The van der Waals surface area contributed by atoms with Gasteiger partial charge in [0.25, 0.3) is 0 Å². The predicted molar refractivity (Wildman–Crippen MR) is 47.8 cm³/mol. The smallest absolute Gasteiger partial charge is 0.152 e. The number of carbonyl (C=O) groups excluding carboxylic acids is 1. The number of hydrogen-bond acceptors (Lipinski definition) is 2. The second-order valence-electron chi connectivity index (χ2n) is 3.49. The fraction of sp³-hybridized carbons (Fsp3) is 0.700. The first-order valence-corrected chi connectivity index (χ1v) is 4.57. The van der Waals surface area contributed by atoms with Crippen LogP contribution in [-0.2, 0) is 4.79 Å². The maximum atomic E-state index is 10.6. The Bertz CT molecular complexity index is 184. The van der Waals surface area contributed by atoms with E-state index in [1.165, 1.54) is 13.3 Å². The van der Waals surface area contributed by atoms with E-state index in [0.29, 0.717) is 0 Å². The fourth-order valence-corrected chi connectivity index (χ4v) is 1.62. The van der Waals surface area contributed by atoms with Gasteiger partial charge in [-0.2, -0.15) is 0 Å². The van der Waals surface area contributed by atoms with E-state index < -0.39 is 0 Å². The standard InChI is InChI=1S/C10H16O2/c1-8(11)6-7-9-4-2-3-5-10(9)12/h6-7,9-10,12H,2-5H2,1H3/b7-6+. The summed E-state index contributed by atoms with van der Waals surface area (Å²) in [5, 5.41) is 9.52. The highest BCUT2D eigenvalue weighted by Gasteiger charge is 2.20. The Kier molecular flexibility index (Phi) is 3.48. The molecule has 0 aromatic heterocycles. The molecule has 2 nitrogen and oxygen atoms in total. The fourth-order valence-electron chi connectivity index (χ4n) is 1.62. The summed E-state index contributed by atoms with van der Waals surface area (Å²) < 4.78 is 0. The van der Waals surface area contributed by atoms with E-state index in [0.717, 1.165) is 19.3 Å². The van der Waals surface area contributed by atoms with Gasteiger partial charge in [-0.25, -0.2) is 0 Å². The lowest BCUT2D eigenvalue weighted by molar-refractivity contribution is -0.112. The molecule has 1 aliphatic carbocycles. The predicted octanol–water partition coefficient (Wildman–Crippen LogP) is 1.68. The van der Waals surface area contributed by atoms with Crippen molar-refractivity contribution in [1.82, 2.24) is 0 Å². The van der Waals surface area contributed by atoms with Gasteiger partial charge in [0.15, 0.2) is 5.78 Å². The van der Waals surface area contributed by atoms with Gasteiger partial charge in [-0.1, -0.05) is 18.9 Å². The van der Waals surface area contributed by atoms with Crippen LogP contribution in [0.4, 0.5) is 0 Å². The van der Waals surface area contributed by atoms with Crippen LogP contribution < -0.4 is 0 Å². The van der Waals surface area contributed by atoms with Crippen molar-refractivity contribution in [3.8, 4) is 0 Å². The molecule has 0 radical (unpaired) electrons. The number of carbonyl (C=O) groups is 1. The number of hydrogen-bond donors (Lipinski definition) is 1. The molecule has 1 rings (SSSR count). The van der Waals surface area contributed by atoms with Crippen molar-refractivity contribution in [2.24, 2.45) is 5.92 Å². The Morgan fingerprint density at radius 1 is 1.42 bits per heavy atom. The molecule has 0 aromatic rings. The second-order valence-corrected chi connectivity index (χ2v) is 3.49. The Labute approximate surface area is 73.3 Å². The molecule has 1 aliphatic rings. The molecule has 2 heteroatoms. The molecule has 1 fully saturated rings. The van der Waals surface area contributed by atoms with Crippen LogP contribution in [0.25, 0.3) is 0 Å². The molecule has 0 aliphatic heterocycles. The Morgan fingerprint density at radius 3 is 2.67 bits per heavy atom. The Balaban J connectivity index is 2.43. The minimum Gasteiger partial charge on any atom is -0.393 e. The molecule has 0 saturated heterocycles. The van der Waals surface area contributed by atoms with Crippen LogP contribution in [0, 0.1) is 5.92 Å². The lowest BCUT2D eigenvalue weighted by atomic mass is 9.86. The normalized spacial score (nSPS) is 30.8. The van der Waals surface area contributed by atoms with Crippen molar-refractivity contribution in [2.75, 3.05) is 0 Å². The largest absolute Gasteiger partial charge is 0.393 e. The summed E-state index contributed by atoms with van der Waals surface area (Å²) in [6.07, 6.45) is 7.38. The zero-order valence-electron chi connectivity index (χ0n) is 7.49. The number of rotatable bonds is 2. The molecular weight excluding hydrogens is 152 g/mol. The first-order valence-electron chi connectivity index (χ1n) is 4.57. The van der Waals surface area contributed by atoms with Crippen LogP contribution in [0.15, 0.2) is 12.2 Å². The van der Waals surface area contributed by atoms with E-state index in [-0.39, 0.29) is 17.8 Å². The van der Waals surface area contributed by atoms with Gasteiger partial charge in [0.2, 0.25) is 0 Å². The first-order chi connectivity index (χ1) is 5.70. The van der Waals surface area contributed by atoms with E-state index >= 15 is 0 Å². The van der Waals surface area contributed by atoms with Crippen LogP contribution in [-0.4, -0.2) is 17.0 Å². The second kappa shape index (κ2) is 4.41. The van der Waals surface area contributed by atoms with Crippen molar-refractivity contribution in [3.63, 3.8) is 0 Å². The molecule has 0 amide bonds. The lowest BCUT2D eigenvalue weighted by Gasteiger charge is -2.24. The van der Waals surface area contributed by atoms with Crippen LogP contribution >= 0.6 is 0 Å². The third-order valence-electron chi connectivity index (χ3n) is 2.36. The maximum absolute atomic E-state index is 10.6. The van der Waals surface area contributed by atoms with E-state index in [4.69, 9.17) is 0 Å². The van der Waals surface area contributed by atoms with Gasteiger partial charge in [-0.05, 0) is 25.8 Å². The molecule has 1 N–H and O–H groups in total. The topological polar surface area (TPSA) is 37.3 Å². The molecular formula is C10H16O2. The van der Waals surface area contributed by atoms with Gasteiger partial charge in [0.1, 0.15) is 0 Å². The van der Waals surface area contributed by atoms with Crippen molar-refractivity contribution in [2.45, 2.75) is 38.7 Å². The minimum absolute atomic E-state index is 0.0628. The number of ketones is 1. The maximum Gasteiger partial charge on any atom is 0.152 e. The monoisotopic (exact) mass is 168 g/mol. The third-order valence-corrected chi connectivity index (χ3v) is 2.36. The van der Waals surface area contributed by atoms with Crippen LogP contribution in [0.2, 0.25) is 0 Å². The van der Waals surface area contributed by atoms with Crippen molar-refractivity contribution < 1.29 is 9.90 Å². The summed E-state index contributed by atoms with van der Waals surface area (Å²) >= 11 is 0. The zero-order chi connectivity index (χ0) is 8.97. The van der Waals surface area contributed by atoms with Crippen molar-refractivity contribution >= 4 is 5.78 Å². The minimum atomic E-state index is -0.227. The molecule has 12 heavy (non-hydrogen) atoms. The summed E-state index contributed by atoms with van der Waals surface area (Å²) in [7, 11) is 0. The number of allylic oxidation sites excluding steroid dienone is 1. The van der Waals surface area contributed by atoms with Crippen molar-refractivity contribution in [3.05, 3.63) is 12.2 Å². The molecule has 0 heterocycles. The molecule has 1 saturated carbocycles. The highest BCUT2D eigenvalue weighted by molar-refractivity contribution is 5.87. The van der Waals surface area contributed by atoms with Crippen LogP contribution in [0.5, 0.6) is 0 Å². The molecule has 0 aromatic carbocycles. The van der Waals surface area contributed by atoms with Gasteiger partial charge >= 0.3 is 0 Å². The van der Waals surface area contributed by atoms with E-state index in [2.05, 4.69) is 0 Å². The van der Waals surface area contributed by atoms with E-state index in [9.17, 15) is 9.90 Å². The highest BCUT2D eigenvalue weighted by Crippen LogP contribution is 2.25. The SMILES string of the molecule is CC(=O)/C=C/C1CCCCC1O. The van der Waals surface area contributed by atoms with E-state index in [1.54, 1.807) is 6.08 Å². The quantitative estimate of drug-likeness (QED) is 0.637. The first kappa shape index (κ1) is 9.46. The number of aliphatic hydroxyl groups is 1. The van der Waals surface area contributed by atoms with Crippen LogP contribution in [0.3, 0.4) is 0 Å². The van der Waals surface area contributed by atoms with Crippen molar-refractivity contribution in [1.29, 1.82) is 0 Å². The number of aliphatic hydroxyl groups excluding tert-OH is 1. The summed E-state index contributed by atoms with van der Waals surface area (Å²) in [6.45, 7) is 1.53. The Morgan fingerprint density at radius 2 is 2.08 bits per heavy atom. The zero-order valence-corrected chi connectivity index (χ0v) is 7.49. The Hall–Kier alpha value is -0.630. The average molecular weight is 168 g/mol. The van der Waals surface area contributed by atoms with Gasteiger partial charge in [-0.3, -0.25) is 4.79 Å². The van der Waals surface area contributed by atoms with Gasteiger partial charge < -0.3 is 5.11 Å². The summed E-state index contributed by atoms with van der Waals surface area (Å²) in [4.78, 5) is 10.6. The highest BCUT2D eigenvalue weighted by atomic mass is 16.3. The van der Waals surface area contributed by atoms with Gasteiger partial charge in [0, 0.05) is 5.92 Å². The summed E-state index contributed by atoms with van der Waals surface area (Å²) in [6, 6.07) is 0. The summed E-state index contributed by atoms with van der Waals surface area (Å²) in [5.74, 6) is 0.274. The van der Waals surface area contributed by atoms with Crippen LogP contribution in [0.1, 0.15) is 32.6 Å². The lowest BCUT2D eigenvalue weighted by Crippen LogP contribution is -2.22. The van der Waals surface area contributed by atoms with Gasteiger partial charge in [-0.15, -0.1) is 0 Å². The molecule has 68 valence electrons. The molecule has 0 spiro atoms. The molecule has 2 unspecified atom stereocenters. The third kappa shape index (κ3) is 2.78. The summed E-state index contributed by atoms with van der Waals surface area (Å²) in [5.41, 5.74) is 0. The van der Waals surface area contributed by atoms with E-state index in [1.807, 2.05) is 6.08 Å².